The molecule has 0 spiro atoms. The van der Waals surface area contributed by atoms with Gasteiger partial charge in [-0.1, -0.05) is 59.6 Å². The zero-order chi connectivity index (χ0) is 32.6. The molecule has 1 heterocycles. The van der Waals surface area contributed by atoms with E-state index in [2.05, 4.69) is 20.9 Å². The maximum atomic E-state index is 13.4. The van der Waals surface area contributed by atoms with Gasteiger partial charge < -0.3 is 16.0 Å². The van der Waals surface area contributed by atoms with Crippen LogP contribution in [0.4, 0.5) is 15.2 Å². The fourth-order valence-corrected chi connectivity index (χ4v) is 5.96. The van der Waals surface area contributed by atoms with Gasteiger partial charge in [-0.15, -0.1) is 23.1 Å². The second-order valence-electron chi connectivity index (χ2n) is 9.82. The highest BCUT2D eigenvalue weighted by atomic mass is 35.5. The maximum Gasteiger partial charge on any atom is 0.272 e. The van der Waals surface area contributed by atoms with Crippen molar-refractivity contribution in [1.29, 1.82) is 0 Å². The lowest BCUT2D eigenvalue weighted by Crippen LogP contribution is -2.30. The van der Waals surface area contributed by atoms with E-state index in [1.54, 1.807) is 73.7 Å². The van der Waals surface area contributed by atoms with Crippen LogP contribution in [0.25, 0.3) is 17.3 Å². The fraction of sp³-hybridized carbons (Fsp3) is 0.0588. The van der Waals surface area contributed by atoms with E-state index in [1.807, 2.05) is 11.4 Å². The van der Waals surface area contributed by atoms with Crippen LogP contribution in [-0.2, 0) is 9.59 Å². The lowest BCUT2D eigenvalue weighted by Gasteiger charge is -2.13. The molecule has 1 aromatic heterocycles. The number of carbonyl (C=O) groups is 3. The lowest BCUT2D eigenvalue weighted by molar-refractivity contribution is -0.115. The third-order valence-electron chi connectivity index (χ3n) is 6.45. The van der Waals surface area contributed by atoms with Crippen LogP contribution in [-0.4, -0.2) is 28.0 Å². The zero-order valence-electron chi connectivity index (χ0n) is 24.1. The molecule has 4 aromatic carbocycles. The Morgan fingerprint density at radius 1 is 0.891 bits per heavy atom. The summed E-state index contributed by atoms with van der Waals surface area (Å²) in [6.07, 6.45) is 1.47. The minimum absolute atomic E-state index is 0.0197. The minimum Gasteiger partial charge on any atom is -0.321 e. The molecule has 0 fully saturated rings. The molecule has 12 heteroatoms. The molecule has 1 unspecified atom stereocenters. The van der Waals surface area contributed by atoms with Crippen molar-refractivity contribution in [2.45, 2.75) is 17.1 Å². The number of nitrogens with zero attached hydrogens (tertiary/aromatic N) is 1. The number of rotatable bonds is 10. The SMILES string of the molecule is CC(Sc1ccc(NC(=O)/C(=C/c2ccc(F)cc2)NC(=O)c2ccccc2)cc1)C(=O)Nc1nc(-c2ccc(Cl)c(Cl)c2)cs1. The van der Waals surface area contributed by atoms with E-state index in [0.29, 0.717) is 37.7 Å². The first-order valence-electron chi connectivity index (χ1n) is 13.8. The molecule has 0 radical (unpaired) electrons. The highest BCUT2D eigenvalue weighted by Gasteiger charge is 2.18. The van der Waals surface area contributed by atoms with Crippen molar-refractivity contribution in [3.63, 3.8) is 0 Å². The number of amides is 3. The van der Waals surface area contributed by atoms with Crippen LogP contribution in [0.1, 0.15) is 22.8 Å². The Morgan fingerprint density at radius 2 is 1.61 bits per heavy atom. The Hall–Kier alpha value is -4.48. The second-order valence-corrected chi connectivity index (χ2v) is 12.9. The molecule has 3 amide bonds. The average molecular weight is 692 g/mol. The molecule has 0 saturated carbocycles. The molecule has 7 nitrogen and oxygen atoms in total. The standard InChI is InChI=1S/C34H25Cl2FN4O3S2/c1-20(31(42)41-34-40-30(19-45-34)23-9-16-27(35)28(36)18-23)46-26-14-12-25(13-15-26)38-33(44)29(17-21-7-10-24(37)11-8-21)39-32(43)22-5-3-2-4-6-22/h2-20H,1H3,(H,38,44)(H,39,43)(H,40,41,42)/b29-17-. The van der Waals surface area contributed by atoms with Crippen LogP contribution in [0.2, 0.25) is 10.0 Å². The number of aromatic nitrogens is 1. The number of benzene rings is 4. The number of hydrogen-bond donors (Lipinski definition) is 3. The number of halogens is 3. The van der Waals surface area contributed by atoms with E-state index in [9.17, 15) is 18.8 Å². The van der Waals surface area contributed by atoms with Crippen molar-refractivity contribution in [1.82, 2.24) is 10.3 Å². The first kappa shape index (κ1) is 32.9. The van der Waals surface area contributed by atoms with Gasteiger partial charge in [-0.2, -0.15) is 0 Å². The fourth-order valence-electron chi connectivity index (χ4n) is 4.07. The number of anilines is 2. The predicted octanol–water partition coefficient (Wildman–Crippen LogP) is 8.78. The number of thiazole rings is 1. The Balaban J connectivity index is 1.21. The van der Waals surface area contributed by atoms with Crippen molar-refractivity contribution in [2.75, 3.05) is 10.6 Å². The molecule has 0 aliphatic carbocycles. The Morgan fingerprint density at radius 3 is 2.30 bits per heavy atom. The summed E-state index contributed by atoms with van der Waals surface area (Å²) in [6, 6.07) is 26.2. The predicted molar refractivity (Wildman–Crippen MR) is 185 cm³/mol. The largest absolute Gasteiger partial charge is 0.321 e. The summed E-state index contributed by atoms with van der Waals surface area (Å²) in [4.78, 5) is 44.3. The number of thioether (sulfide) groups is 1. The van der Waals surface area contributed by atoms with Gasteiger partial charge in [0.2, 0.25) is 5.91 Å². The highest BCUT2D eigenvalue weighted by molar-refractivity contribution is 8.00. The third kappa shape index (κ3) is 8.82. The van der Waals surface area contributed by atoms with Crippen LogP contribution in [0.3, 0.4) is 0 Å². The number of nitrogens with one attached hydrogen (secondary N) is 3. The molecule has 0 aliphatic rings. The van der Waals surface area contributed by atoms with Gasteiger partial charge in [0.25, 0.3) is 11.8 Å². The normalized spacial score (nSPS) is 11.9. The lowest BCUT2D eigenvalue weighted by atomic mass is 10.1. The molecular weight excluding hydrogens is 666 g/mol. The second kappa shape index (κ2) is 15.2. The van der Waals surface area contributed by atoms with Crippen LogP contribution >= 0.6 is 46.3 Å². The van der Waals surface area contributed by atoms with E-state index >= 15 is 0 Å². The molecular formula is C34H25Cl2FN4O3S2. The van der Waals surface area contributed by atoms with Gasteiger partial charge in [-0.3, -0.25) is 14.4 Å². The number of carbonyl (C=O) groups excluding carboxylic acids is 3. The van der Waals surface area contributed by atoms with Gasteiger partial charge in [-0.05, 0) is 79.2 Å². The van der Waals surface area contributed by atoms with Crippen molar-refractivity contribution >= 4 is 80.9 Å². The van der Waals surface area contributed by atoms with Crippen LogP contribution in [0.15, 0.2) is 113 Å². The summed E-state index contributed by atoms with van der Waals surface area (Å²) in [5, 5.41) is 11.0. The molecule has 5 aromatic rings. The zero-order valence-corrected chi connectivity index (χ0v) is 27.2. The topological polar surface area (TPSA) is 100 Å². The molecule has 0 bridgehead atoms. The Labute approximate surface area is 282 Å². The van der Waals surface area contributed by atoms with Crippen molar-refractivity contribution in [3.8, 4) is 11.3 Å². The van der Waals surface area contributed by atoms with Crippen molar-refractivity contribution in [3.05, 3.63) is 135 Å². The summed E-state index contributed by atoms with van der Waals surface area (Å²) in [6.45, 7) is 1.78. The van der Waals surface area contributed by atoms with Crippen LogP contribution < -0.4 is 16.0 Å². The van der Waals surface area contributed by atoms with Gasteiger partial charge in [0.05, 0.1) is 21.0 Å². The van der Waals surface area contributed by atoms with Crippen LogP contribution in [0.5, 0.6) is 0 Å². The maximum absolute atomic E-state index is 13.4. The van der Waals surface area contributed by atoms with Gasteiger partial charge in [-0.25, -0.2) is 9.37 Å². The molecule has 3 N–H and O–H groups in total. The summed E-state index contributed by atoms with van der Waals surface area (Å²) in [5.41, 5.74) is 2.82. The first-order valence-corrected chi connectivity index (χ1v) is 16.3. The Kier molecular flexibility index (Phi) is 10.9. The average Bonchev–Trinajstić information content (AvgIpc) is 3.52. The summed E-state index contributed by atoms with van der Waals surface area (Å²) in [7, 11) is 0. The Bertz CT molecular complexity index is 1900. The van der Waals surface area contributed by atoms with E-state index in [0.717, 1.165) is 10.5 Å². The third-order valence-corrected chi connectivity index (χ3v) is 9.06. The molecule has 232 valence electrons. The van der Waals surface area contributed by atoms with E-state index < -0.39 is 22.9 Å². The van der Waals surface area contributed by atoms with Crippen molar-refractivity contribution in [2.24, 2.45) is 0 Å². The smallest absolute Gasteiger partial charge is 0.272 e. The van der Waals surface area contributed by atoms with E-state index in [4.69, 9.17) is 23.2 Å². The minimum atomic E-state index is -0.564. The molecule has 0 aliphatic heterocycles. The summed E-state index contributed by atoms with van der Waals surface area (Å²) in [5.74, 6) is -1.67. The monoisotopic (exact) mass is 690 g/mol. The molecule has 5 rings (SSSR count). The first-order chi connectivity index (χ1) is 22.1. The highest BCUT2D eigenvalue weighted by Crippen LogP contribution is 2.31. The summed E-state index contributed by atoms with van der Waals surface area (Å²) < 4.78 is 13.4. The molecule has 46 heavy (non-hydrogen) atoms. The van der Waals surface area contributed by atoms with Crippen LogP contribution in [0, 0.1) is 5.82 Å². The quantitative estimate of drug-likeness (QED) is 0.100. The van der Waals surface area contributed by atoms with E-state index in [1.165, 1.54) is 53.4 Å². The van der Waals surface area contributed by atoms with Crippen molar-refractivity contribution < 1.29 is 18.8 Å². The number of hydrogen-bond acceptors (Lipinski definition) is 6. The van der Waals surface area contributed by atoms with Gasteiger partial charge in [0.15, 0.2) is 5.13 Å². The van der Waals surface area contributed by atoms with Gasteiger partial charge in [0, 0.05) is 27.1 Å². The molecule has 0 saturated heterocycles. The van der Waals surface area contributed by atoms with Gasteiger partial charge >= 0.3 is 0 Å². The van der Waals surface area contributed by atoms with Gasteiger partial charge in [0.1, 0.15) is 11.5 Å². The summed E-state index contributed by atoms with van der Waals surface area (Å²) >= 11 is 14.8. The van der Waals surface area contributed by atoms with E-state index in [-0.39, 0.29) is 11.6 Å². The molecule has 1 atom stereocenters.